The summed E-state index contributed by atoms with van der Waals surface area (Å²) in [6.07, 6.45) is -4.35. The third-order valence-corrected chi connectivity index (χ3v) is 4.60. The molecule has 0 saturated heterocycles. The van der Waals surface area contributed by atoms with Gasteiger partial charge in [-0.15, -0.1) is 5.10 Å². The highest BCUT2D eigenvalue weighted by Crippen LogP contribution is 2.30. The lowest BCUT2D eigenvalue weighted by atomic mass is 10.1. The molecular weight excluding hydrogens is 357 g/mol. The third-order valence-electron chi connectivity index (χ3n) is 3.13. The zero-order valence-electron chi connectivity index (χ0n) is 12.0. The van der Waals surface area contributed by atoms with Crippen LogP contribution in [0, 0.1) is 6.92 Å². The van der Waals surface area contributed by atoms with Crippen molar-refractivity contribution in [3.8, 4) is 5.69 Å². The Balaban J connectivity index is 2.75. The third kappa shape index (κ3) is 3.42. The number of rotatable bonds is 3. The molecular formula is C12H12ClF3N4O2S. The zero-order chi connectivity index (χ0) is 17.6. The molecule has 2 N–H and O–H groups in total. The van der Waals surface area contributed by atoms with Crippen LogP contribution in [0.2, 0.25) is 0 Å². The van der Waals surface area contributed by atoms with Gasteiger partial charge in [-0.1, -0.05) is 13.0 Å². The van der Waals surface area contributed by atoms with Gasteiger partial charge >= 0.3 is 6.18 Å². The highest BCUT2D eigenvalue weighted by Gasteiger charge is 2.37. The molecule has 2 rings (SSSR count). The van der Waals surface area contributed by atoms with Crippen molar-refractivity contribution in [1.29, 1.82) is 0 Å². The van der Waals surface area contributed by atoms with Crippen LogP contribution in [0.5, 0.6) is 0 Å². The van der Waals surface area contributed by atoms with E-state index in [9.17, 15) is 21.6 Å². The highest BCUT2D eigenvalue weighted by atomic mass is 35.7. The molecule has 0 fully saturated rings. The summed E-state index contributed by atoms with van der Waals surface area (Å²) in [6, 6.07) is 2.65. The number of nitrogens with zero attached hydrogens (tertiary/aromatic N) is 3. The van der Waals surface area contributed by atoms with Crippen LogP contribution >= 0.6 is 10.7 Å². The van der Waals surface area contributed by atoms with Gasteiger partial charge in [-0.2, -0.15) is 22.8 Å². The maximum Gasteiger partial charge on any atom is 0.453 e. The number of hydrogen-bond donors (Lipinski definition) is 1. The SMILES string of the molecule is CCc1cc(C)c(S(=O)(=O)Cl)cc1-n1nc(C(F)(F)F)nc1N. The van der Waals surface area contributed by atoms with Crippen molar-refractivity contribution in [1.82, 2.24) is 14.8 Å². The number of aryl methyl sites for hydroxylation is 2. The number of hydrogen-bond acceptors (Lipinski definition) is 5. The molecule has 0 amide bonds. The van der Waals surface area contributed by atoms with E-state index in [2.05, 4.69) is 10.1 Å². The monoisotopic (exact) mass is 368 g/mol. The fourth-order valence-corrected chi connectivity index (χ4v) is 3.30. The van der Waals surface area contributed by atoms with Gasteiger partial charge in [-0.05, 0) is 30.5 Å². The number of nitrogens with two attached hydrogens (primary N) is 1. The smallest absolute Gasteiger partial charge is 0.368 e. The summed E-state index contributed by atoms with van der Waals surface area (Å²) in [7, 11) is 1.28. The van der Waals surface area contributed by atoms with Crippen molar-refractivity contribution >= 4 is 25.7 Å². The molecule has 0 aliphatic heterocycles. The van der Waals surface area contributed by atoms with E-state index in [1.54, 1.807) is 6.92 Å². The first kappa shape index (κ1) is 17.5. The van der Waals surface area contributed by atoms with E-state index in [0.29, 0.717) is 17.5 Å². The minimum Gasteiger partial charge on any atom is -0.368 e. The molecule has 0 radical (unpaired) electrons. The molecule has 0 unspecified atom stereocenters. The zero-order valence-corrected chi connectivity index (χ0v) is 13.6. The lowest BCUT2D eigenvalue weighted by molar-refractivity contribution is -0.144. The lowest BCUT2D eigenvalue weighted by Crippen LogP contribution is -2.10. The average Bonchev–Trinajstić information content (AvgIpc) is 2.79. The van der Waals surface area contributed by atoms with E-state index < -0.39 is 27.0 Å². The van der Waals surface area contributed by atoms with Gasteiger partial charge < -0.3 is 5.73 Å². The van der Waals surface area contributed by atoms with E-state index >= 15 is 0 Å². The van der Waals surface area contributed by atoms with Crippen molar-refractivity contribution < 1.29 is 21.6 Å². The van der Waals surface area contributed by atoms with Gasteiger partial charge in [0.2, 0.25) is 5.95 Å². The summed E-state index contributed by atoms with van der Waals surface area (Å²) in [5.74, 6) is -1.92. The van der Waals surface area contributed by atoms with E-state index in [1.165, 1.54) is 13.0 Å². The molecule has 1 aromatic carbocycles. The van der Waals surface area contributed by atoms with Gasteiger partial charge in [0, 0.05) is 10.7 Å². The Morgan fingerprint density at radius 2 is 1.96 bits per heavy atom. The van der Waals surface area contributed by atoms with Gasteiger partial charge in [-0.3, -0.25) is 0 Å². The topological polar surface area (TPSA) is 90.9 Å². The average molecular weight is 369 g/mol. The van der Waals surface area contributed by atoms with Gasteiger partial charge in [0.05, 0.1) is 10.6 Å². The Morgan fingerprint density at radius 3 is 2.39 bits per heavy atom. The fourth-order valence-electron chi connectivity index (χ4n) is 2.10. The summed E-state index contributed by atoms with van der Waals surface area (Å²) >= 11 is 0. The molecule has 1 aromatic heterocycles. The molecule has 0 aliphatic carbocycles. The first-order valence-electron chi connectivity index (χ1n) is 6.33. The normalized spacial score (nSPS) is 12.6. The first-order valence-corrected chi connectivity index (χ1v) is 8.64. The number of alkyl halides is 3. The van der Waals surface area contributed by atoms with Gasteiger partial charge in [-0.25, -0.2) is 8.42 Å². The molecule has 0 aliphatic rings. The van der Waals surface area contributed by atoms with Crippen molar-refractivity contribution in [2.75, 3.05) is 5.73 Å². The molecule has 126 valence electrons. The first-order chi connectivity index (χ1) is 10.4. The molecule has 11 heteroatoms. The Morgan fingerprint density at radius 1 is 1.35 bits per heavy atom. The van der Waals surface area contributed by atoms with Crippen LogP contribution in [0.1, 0.15) is 23.9 Å². The Labute approximate surface area is 134 Å². The molecule has 0 saturated carbocycles. The standard InChI is InChI=1S/C12H12ClF3N4O2S/c1-3-7-4-6(2)9(23(13,21)22)5-8(7)20-11(17)18-10(19-20)12(14,15)16/h4-5H,3H2,1-2H3,(H2,17,18,19). The van der Waals surface area contributed by atoms with Crippen LogP contribution in [-0.4, -0.2) is 23.2 Å². The van der Waals surface area contributed by atoms with Crippen LogP contribution in [-0.2, 0) is 21.6 Å². The molecule has 1 heterocycles. The summed E-state index contributed by atoms with van der Waals surface area (Å²) in [6.45, 7) is 3.29. The van der Waals surface area contributed by atoms with E-state index in [-0.39, 0.29) is 10.6 Å². The van der Waals surface area contributed by atoms with Gasteiger partial charge in [0.1, 0.15) is 0 Å². The second kappa shape index (κ2) is 5.68. The number of aromatic nitrogens is 3. The Hall–Kier alpha value is -1.81. The second-order valence-electron chi connectivity index (χ2n) is 4.74. The van der Waals surface area contributed by atoms with Crippen molar-refractivity contribution in [3.63, 3.8) is 0 Å². The summed E-state index contributed by atoms with van der Waals surface area (Å²) < 4.78 is 62.1. The molecule has 23 heavy (non-hydrogen) atoms. The molecule has 0 atom stereocenters. The number of benzene rings is 1. The minimum atomic E-state index is -4.77. The predicted molar refractivity (Wildman–Crippen MR) is 77.9 cm³/mol. The van der Waals surface area contributed by atoms with Crippen LogP contribution in [0.3, 0.4) is 0 Å². The summed E-state index contributed by atoms with van der Waals surface area (Å²) in [5, 5.41) is 3.33. The van der Waals surface area contributed by atoms with E-state index in [1.807, 2.05) is 0 Å². The second-order valence-corrected chi connectivity index (χ2v) is 7.28. The molecule has 6 nitrogen and oxygen atoms in total. The van der Waals surface area contributed by atoms with Crippen LogP contribution in [0.4, 0.5) is 19.1 Å². The molecule has 0 bridgehead atoms. The predicted octanol–water partition coefficient (Wildman–Crippen LogP) is 2.67. The minimum absolute atomic E-state index is 0.0813. The molecule has 0 spiro atoms. The van der Waals surface area contributed by atoms with Crippen LogP contribution in [0.25, 0.3) is 5.69 Å². The van der Waals surface area contributed by atoms with Gasteiger partial charge in [0.25, 0.3) is 14.9 Å². The Kier molecular flexibility index (Phi) is 4.33. The summed E-state index contributed by atoms with van der Waals surface area (Å²) in [4.78, 5) is 2.94. The van der Waals surface area contributed by atoms with Crippen LogP contribution in [0.15, 0.2) is 17.0 Å². The summed E-state index contributed by atoms with van der Waals surface area (Å²) in [5.41, 5.74) is 6.50. The Bertz CT molecular complexity index is 862. The van der Waals surface area contributed by atoms with Crippen molar-refractivity contribution in [2.24, 2.45) is 0 Å². The van der Waals surface area contributed by atoms with E-state index in [4.69, 9.17) is 16.4 Å². The largest absolute Gasteiger partial charge is 0.453 e. The maximum atomic E-state index is 12.7. The lowest BCUT2D eigenvalue weighted by Gasteiger charge is -2.12. The molecule has 2 aromatic rings. The number of anilines is 1. The fraction of sp³-hybridized carbons (Fsp3) is 0.333. The maximum absolute atomic E-state index is 12.7. The van der Waals surface area contributed by atoms with Crippen molar-refractivity contribution in [2.45, 2.75) is 31.3 Å². The number of halogens is 4. The quantitative estimate of drug-likeness (QED) is 0.841. The van der Waals surface area contributed by atoms with Crippen LogP contribution < -0.4 is 5.73 Å². The van der Waals surface area contributed by atoms with Gasteiger partial charge in [0.15, 0.2) is 0 Å². The highest BCUT2D eigenvalue weighted by molar-refractivity contribution is 8.13. The number of nitrogen functional groups attached to an aromatic ring is 1. The van der Waals surface area contributed by atoms with E-state index in [0.717, 1.165) is 10.7 Å². The van der Waals surface area contributed by atoms with Crippen molar-refractivity contribution in [3.05, 3.63) is 29.1 Å².